The predicted octanol–water partition coefficient (Wildman–Crippen LogP) is 3.60. The van der Waals surface area contributed by atoms with Crippen molar-refractivity contribution >= 4 is 40.6 Å². The van der Waals surface area contributed by atoms with E-state index >= 15 is 0 Å². The van der Waals surface area contributed by atoms with Gasteiger partial charge < -0.3 is 10.1 Å². The van der Waals surface area contributed by atoms with Gasteiger partial charge in [-0.15, -0.1) is 11.3 Å². The lowest BCUT2D eigenvalue weighted by Gasteiger charge is -2.10. The third kappa shape index (κ3) is 4.98. The number of anilines is 1. The second kappa shape index (κ2) is 9.67. The molecule has 0 aliphatic rings. The summed E-state index contributed by atoms with van der Waals surface area (Å²) in [5.74, 6) is -0.248. The lowest BCUT2D eigenvalue weighted by Crippen LogP contribution is -2.22. The number of nitrogens with one attached hydrogen (secondary N) is 1. The predicted molar refractivity (Wildman–Crippen MR) is 120 cm³/mol. The average molecular weight is 469 g/mol. The molecular weight excluding hydrogens is 452 g/mol. The monoisotopic (exact) mass is 468 g/mol. The average Bonchev–Trinajstić information content (AvgIpc) is 3.40. The van der Waals surface area contributed by atoms with E-state index in [4.69, 9.17) is 16.3 Å². The molecule has 11 heteroatoms. The number of aryl methyl sites for hydroxylation is 1. The van der Waals surface area contributed by atoms with Gasteiger partial charge in [-0.05, 0) is 24.6 Å². The van der Waals surface area contributed by atoms with Crippen molar-refractivity contribution in [2.45, 2.75) is 13.5 Å². The number of amides is 1. The Morgan fingerprint density at radius 3 is 2.69 bits per heavy atom. The molecule has 4 aromatic rings. The van der Waals surface area contributed by atoms with E-state index in [1.54, 1.807) is 48.4 Å². The number of nitrogens with zero attached hydrogens (tertiary/aromatic N) is 5. The highest BCUT2D eigenvalue weighted by Crippen LogP contribution is 2.25. The summed E-state index contributed by atoms with van der Waals surface area (Å²) in [4.78, 5) is 37.7. The van der Waals surface area contributed by atoms with Gasteiger partial charge in [-0.25, -0.2) is 24.4 Å². The van der Waals surface area contributed by atoms with Crippen molar-refractivity contribution < 1.29 is 14.3 Å². The molecule has 1 amide bonds. The maximum Gasteiger partial charge on any atom is 0.350 e. The van der Waals surface area contributed by atoms with Gasteiger partial charge in [0.25, 0.3) is 5.91 Å². The minimum atomic E-state index is -0.637. The molecule has 0 aliphatic carbocycles. The molecule has 9 nitrogen and oxygen atoms in total. The largest absolute Gasteiger partial charge is 0.451 e. The SMILES string of the molecule is Cc1nc(-c2ncccn2)sc1C(=O)OCC(=O)Nc1ccnn1Cc1ccccc1Cl. The van der Waals surface area contributed by atoms with E-state index in [2.05, 4.69) is 25.4 Å². The van der Waals surface area contributed by atoms with Crippen molar-refractivity contribution in [2.24, 2.45) is 0 Å². The fourth-order valence-electron chi connectivity index (χ4n) is 2.82. The number of aromatic nitrogens is 5. The Morgan fingerprint density at radius 1 is 1.12 bits per heavy atom. The van der Waals surface area contributed by atoms with Crippen LogP contribution in [0.2, 0.25) is 5.02 Å². The van der Waals surface area contributed by atoms with Gasteiger partial charge in [-0.3, -0.25) is 4.79 Å². The lowest BCUT2D eigenvalue weighted by molar-refractivity contribution is -0.119. The summed E-state index contributed by atoms with van der Waals surface area (Å²) in [6.45, 7) is 1.62. The van der Waals surface area contributed by atoms with Gasteiger partial charge in [0.1, 0.15) is 10.7 Å². The van der Waals surface area contributed by atoms with Crippen molar-refractivity contribution in [3.63, 3.8) is 0 Å². The van der Waals surface area contributed by atoms with Gasteiger partial charge in [-0.2, -0.15) is 5.10 Å². The number of rotatable bonds is 7. The number of hydrogen-bond acceptors (Lipinski definition) is 8. The molecule has 0 unspecified atom stereocenters. The number of carbonyl (C=O) groups is 2. The summed E-state index contributed by atoms with van der Waals surface area (Å²) in [5.41, 5.74) is 1.35. The van der Waals surface area contributed by atoms with Crippen LogP contribution in [0.4, 0.5) is 5.82 Å². The fraction of sp³-hybridized carbons (Fsp3) is 0.143. The van der Waals surface area contributed by atoms with Crippen LogP contribution < -0.4 is 5.32 Å². The van der Waals surface area contributed by atoms with Crippen LogP contribution in [0.1, 0.15) is 20.9 Å². The molecule has 3 heterocycles. The van der Waals surface area contributed by atoms with Crippen LogP contribution in [0.25, 0.3) is 10.8 Å². The van der Waals surface area contributed by atoms with Crippen LogP contribution >= 0.6 is 22.9 Å². The zero-order chi connectivity index (χ0) is 22.5. The number of thiazole rings is 1. The molecule has 0 atom stereocenters. The van der Waals surface area contributed by atoms with E-state index in [1.165, 1.54) is 0 Å². The smallest absolute Gasteiger partial charge is 0.350 e. The minimum Gasteiger partial charge on any atom is -0.451 e. The second-order valence-corrected chi connectivity index (χ2v) is 8.00. The Hall–Kier alpha value is -3.63. The molecule has 0 fully saturated rings. The van der Waals surface area contributed by atoms with Gasteiger partial charge in [0.2, 0.25) is 0 Å². The molecule has 0 radical (unpaired) electrons. The van der Waals surface area contributed by atoms with Gasteiger partial charge in [0.15, 0.2) is 17.4 Å². The van der Waals surface area contributed by atoms with Crippen LogP contribution in [0.15, 0.2) is 55.0 Å². The molecule has 4 rings (SSSR count). The van der Waals surface area contributed by atoms with Gasteiger partial charge >= 0.3 is 5.97 Å². The normalized spacial score (nSPS) is 10.7. The van der Waals surface area contributed by atoms with E-state index in [0.717, 1.165) is 16.9 Å². The Morgan fingerprint density at radius 2 is 1.91 bits per heavy atom. The molecule has 3 aromatic heterocycles. The first-order valence-corrected chi connectivity index (χ1v) is 10.7. The highest BCUT2D eigenvalue weighted by molar-refractivity contribution is 7.16. The number of carbonyl (C=O) groups excluding carboxylic acids is 2. The highest BCUT2D eigenvalue weighted by atomic mass is 35.5. The lowest BCUT2D eigenvalue weighted by atomic mass is 10.2. The van der Waals surface area contributed by atoms with Crippen LogP contribution in [0, 0.1) is 6.92 Å². The molecule has 162 valence electrons. The Balaban J connectivity index is 1.36. The van der Waals surface area contributed by atoms with E-state index in [1.807, 2.05) is 18.2 Å². The summed E-state index contributed by atoms with van der Waals surface area (Å²) >= 11 is 7.31. The Kier molecular flexibility index (Phi) is 6.52. The number of hydrogen-bond donors (Lipinski definition) is 1. The Labute approximate surface area is 192 Å². The topological polar surface area (TPSA) is 112 Å². The molecule has 1 N–H and O–H groups in total. The molecule has 0 saturated heterocycles. The number of esters is 1. The first-order chi connectivity index (χ1) is 15.5. The van der Waals surface area contributed by atoms with E-state index in [0.29, 0.717) is 38.8 Å². The molecule has 0 aliphatic heterocycles. The maximum atomic E-state index is 12.5. The van der Waals surface area contributed by atoms with Crippen LogP contribution in [-0.4, -0.2) is 43.2 Å². The van der Waals surface area contributed by atoms with Crippen LogP contribution in [-0.2, 0) is 16.1 Å². The molecule has 0 saturated carbocycles. The third-order valence-corrected chi connectivity index (χ3v) is 5.84. The highest BCUT2D eigenvalue weighted by Gasteiger charge is 2.20. The quantitative estimate of drug-likeness (QED) is 0.412. The summed E-state index contributed by atoms with van der Waals surface area (Å²) in [5, 5.41) is 8.01. The summed E-state index contributed by atoms with van der Waals surface area (Å²) in [7, 11) is 0. The number of halogens is 1. The van der Waals surface area contributed by atoms with Gasteiger partial charge in [-0.1, -0.05) is 29.8 Å². The van der Waals surface area contributed by atoms with Crippen LogP contribution in [0.3, 0.4) is 0 Å². The number of ether oxygens (including phenoxy) is 1. The van der Waals surface area contributed by atoms with Crippen molar-refractivity contribution in [1.29, 1.82) is 0 Å². The van der Waals surface area contributed by atoms with Crippen molar-refractivity contribution in [3.8, 4) is 10.8 Å². The fourth-order valence-corrected chi connectivity index (χ4v) is 3.92. The van der Waals surface area contributed by atoms with Crippen LogP contribution in [0.5, 0.6) is 0 Å². The molecular formula is C21H17ClN6O3S. The zero-order valence-corrected chi connectivity index (χ0v) is 18.4. The zero-order valence-electron chi connectivity index (χ0n) is 16.9. The summed E-state index contributed by atoms with van der Waals surface area (Å²) in [6.07, 6.45) is 4.75. The molecule has 1 aromatic carbocycles. The maximum absolute atomic E-state index is 12.5. The minimum absolute atomic E-state index is 0.295. The van der Waals surface area contributed by atoms with Crippen molar-refractivity contribution in [2.75, 3.05) is 11.9 Å². The van der Waals surface area contributed by atoms with E-state index < -0.39 is 18.5 Å². The Bertz CT molecular complexity index is 1260. The molecule has 0 spiro atoms. The molecule has 32 heavy (non-hydrogen) atoms. The number of benzene rings is 1. The van der Waals surface area contributed by atoms with Crippen molar-refractivity contribution in [1.82, 2.24) is 24.7 Å². The first-order valence-electron chi connectivity index (χ1n) is 9.48. The second-order valence-electron chi connectivity index (χ2n) is 6.60. The van der Waals surface area contributed by atoms with Gasteiger partial charge in [0, 0.05) is 23.5 Å². The van der Waals surface area contributed by atoms with Gasteiger partial charge in [0.05, 0.1) is 18.4 Å². The molecule has 0 bridgehead atoms. The van der Waals surface area contributed by atoms with E-state index in [9.17, 15) is 9.59 Å². The van der Waals surface area contributed by atoms with E-state index in [-0.39, 0.29) is 0 Å². The third-order valence-electron chi connectivity index (χ3n) is 4.34. The van der Waals surface area contributed by atoms with Crippen molar-refractivity contribution in [3.05, 3.63) is 76.1 Å². The standard InChI is InChI=1S/C21H17ClN6O3S/c1-13-18(32-20(26-13)19-23-8-4-9-24-19)21(30)31-12-17(29)27-16-7-10-25-28(16)11-14-5-2-3-6-15(14)22/h2-10H,11-12H2,1H3,(H,27,29). The first kappa shape index (κ1) is 21.6. The summed E-state index contributed by atoms with van der Waals surface area (Å²) < 4.78 is 6.77. The summed E-state index contributed by atoms with van der Waals surface area (Å²) in [6, 6.07) is 10.7.